The molecule has 1 saturated carbocycles. The summed E-state index contributed by atoms with van der Waals surface area (Å²) in [4.78, 5) is 20.6. The van der Waals surface area contributed by atoms with Gasteiger partial charge in [0.15, 0.2) is 5.82 Å². The van der Waals surface area contributed by atoms with E-state index in [0.717, 1.165) is 30.9 Å². The topological polar surface area (TPSA) is 113 Å². The fourth-order valence-electron chi connectivity index (χ4n) is 2.80. The lowest BCUT2D eigenvalue weighted by Gasteiger charge is -2.11. The molecule has 2 atom stereocenters. The first-order valence-corrected chi connectivity index (χ1v) is 7.55. The zero-order chi connectivity index (χ0) is 15.1. The minimum absolute atomic E-state index is 0.103. The molecule has 0 aromatic carbocycles. The first kappa shape index (κ1) is 13.2. The van der Waals surface area contributed by atoms with E-state index in [-0.39, 0.29) is 18.1 Å². The SMILES string of the molecule is CC1CC(NC(=O)NCc2nc(C3CC3)n[nH]2)c2ncnn21. The molecule has 1 aliphatic heterocycles. The maximum atomic E-state index is 12.0. The summed E-state index contributed by atoms with van der Waals surface area (Å²) in [6, 6.07) is -0.0922. The van der Waals surface area contributed by atoms with Crippen LogP contribution in [-0.4, -0.2) is 36.0 Å². The number of nitrogens with zero attached hydrogens (tertiary/aromatic N) is 5. The molecule has 2 amide bonds. The summed E-state index contributed by atoms with van der Waals surface area (Å²) in [5.41, 5.74) is 0. The van der Waals surface area contributed by atoms with Gasteiger partial charge in [0.05, 0.1) is 18.6 Å². The van der Waals surface area contributed by atoms with Crippen molar-refractivity contribution < 1.29 is 4.79 Å². The van der Waals surface area contributed by atoms with Gasteiger partial charge < -0.3 is 10.6 Å². The van der Waals surface area contributed by atoms with Crippen LogP contribution in [0.3, 0.4) is 0 Å². The van der Waals surface area contributed by atoms with Crippen molar-refractivity contribution in [2.75, 3.05) is 0 Å². The molecule has 4 rings (SSSR count). The molecule has 3 N–H and O–H groups in total. The molecular weight excluding hydrogens is 284 g/mol. The number of hydrogen-bond donors (Lipinski definition) is 3. The van der Waals surface area contributed by atoms with E-state index in [0.29, 0.717) is 18.3 Å². The molecule has 1 aliphatic carbocycles. The van der Waals surface area contributed by atoms with E-state index < -0.39 is 0 Å². The molecule has 0 saturated heterocycles. The van der Waals surface area contributed by atoms with E-state index in [2.05, 4.69) is 42.8 Å². The molecule has 0 radical (unpaired) electrons. The van der Waals surface area contributed by atoms with Crippen molar-refractivity contribution in [3.05, 3.63) is 23.8 Å². The minimum Gasteiger partial charge on any atom is -0.331 e. The molecule has 2 aliphatic rings. The quantitative estimate of drug-likeness (QED) is 0.772. The molecule has 2 unspecified atom stereocenters. The Hall–Kier alpha value is -2.45. The Bertz CT molecular complexity index is 688. The number of aromatic amines is 1. The normalized spacial score (nSPS) is 23.3. The van der Waals surface area contributed by atoms with Crippen molar-refractivity contribution in [2.24, 2.45) is 0 Å². The Labute approximate surface area is 126 Å². The average Bonchev–Trinajstić information content (AvgIpc) is 2.96. The van der Waals surface area contributed by atoms with Crippen LogP contribution in [0.2, 0.25) is 0 Å². The summed E-state index contributed by atoms with van der Waals surface area (Å²) in [6.07, 6.45) is 4.64. The zero-order valence-electron chi connectivity index (χ0n) is 12.3. The highest BCUT2D eigenvalue weighted by molar-refractivity contribution is 5.74. The Balaban J connectivity index is 1.31. The van der Waals surface area contributed by atoms with Gasteiger partial charge in [-0.15, -0.1) is 0 Å². The highest BCUT2D eigenvalue weighted by Crippen LogP contribution is 2.37. The van der Waals surface area contributed by atoms with Crippen molar-refractivity contribution in [1.29, 1.82) is 0 Å². The number of rotatable bonds is 4. The van der Waals surface area contributed by atoms with Crippen molar-refractivity contribution in [2.45, 2.75) is 50.7 Å². The monoisotopic (exact) mass is 302 g/mol. The van der Waals surface area contributed by atoms with Crippen molar-refractivity contribution in [3.8, 4) is 0 Å². The van der Waals surface area contributed by atoms with Gasteiger partial charge in [-0.25, -0.2) is 19.4 Å². The summed E-state index contributed by atoms with van der Waals surface area (Å²) in [6.45, 7) is 2.40. The smallest absolute Gasteiger partial charge is 0.315 e. The number of carbonyl (C=O) groups is 1. The Morgan fingerprint density at radius 3 is 3.18 bits per heavy atom. The van der Waals surface area contributed by atoms with Crippen LogP contribution < -0.4 is 10.6 Å². The lowest BCUT2D eigenvalue weighted by Crippen LogP contribution is -2.37. The third kappa shape index (κ3) is 2.42. The molecule has 2 aromatic heterocycles. The van der Waals surface area contributed by atoms with E-state index in [1.54, 1.807) is 0 Å². The lowest BCUT2D eigenvalue weighted by molar-refractivity contribution is 0.236. The molecule has 22 heavy (non-hydrogen) atoms. The second kappa shape index (κ2) is 5.08. The highest BCUT2D eigenvalue weighted by atomic mass is 16.2. The van der Waals surface area contributed by atoms with E-state index in [1.165, 1.54) is 6.33 Å². The van der Waals surface area contributed by atoms with Crippen LogP contribution in [0.25, 0.3) is 0 Å². The Kier molecular flexibility index (Phi) is 3.05. The van der Waals surface area contributed by atoms with Crippen molar-refractivity contribution in [1.82, 2.24) is 40.6 Å². The van der Waals surface area contributed by atoms with Gasteiger partial charge in [-0.1, -0.05) is 0 Å². The number of amides is 2. The molecule has 9 nitrogen and oxygen atoms in total. The van der Waals surface area contributed by atoms with Crippen LogP contribution in [0.5, 0.6) is 0 Å². The third-order valence-corrected chi connectivity index (χ3v) is 4.12. The largest absolute Gasteiger partial charge is 0.331 e. The Morgan fingerprint density at radius 2 is 2.36 bits per heavy atom. The molecule has 3 heterocycles. The number of urea groups is 1. The van der Waals surface area contributed by atoms with Gasteiger partial charge in [0.25, 0.3) is 0 Å². The second-order valence-electron chi connectivity index (χ2n) is 5.94. The first-order valence-electron chi connectivity index (χ1n) is 7.55. The number of H-pyrrole nitrogens is 1. The number of fused-ring (bicyclic) bond motifs is 1. The van der Waals surface area contributed by atoms with Crippen LogP contribution in [0.4, 0.5) is 4.79 Å². The van der Waals surface area contributed by atoms with Crippen LogP contribution in [0, 0.1) is 0 Å². The summed E-state index contributed by atoms with van der Waals surface area (Å²) in [7, 11) is 0. The number of aromatic nitrogens is 6. The van der Waals surface area contributed by atoms with Crippen molar-refractivity contribution in [3.63, 3.8) is 0 Å². The van der Waals surface area contributed by atoms with Gasteiger partial charge in [0.2, 0.25) is 0 Å². The van der Waals surface area contributed by atoms with Crippen LogP contribution in [0.15, 0.2) is 6.33 Å². The van der Waals surface area contributed by atoms with Crippen molar-refractivity contribution >= 4 is 6.03 Å². The van der Waals surface area contributed by atoms with E-state index >= 15 is 0 Å². The highest BCUT2D eigenvalue weighted by Gasteiger charge is 2.31. The fourth-order valence-corrected chi connectivity index (χ4v) is 2.80. The standard InChI is InChI=1S/C13H18N8O/c1-7-4-9(12-15-6-16-21(7)12)17-13(22)14-5-10-18-11(20-19-10)8-2-3-8/h6-9H,2-5H2,1H3,(H2,14,17,22)(H,18,19,20). The van der Waals surface area contributed by atoms with Gasteiger partial charge in [-0.2, -0.15) is 10.2 Å². The molecular formula is C13H18N8O. The average molecular weight is 302 g/mol. The van der Waals surface area contributed by atoms with E-state index in [9.17, 15) is 4.79 Å². The predicted octanol–water partition coefficient (Wildman–Crippen LogP) is 0.779. The zero-order valence-corrected chi connectivity index (χ0v) is 12.3. The molecule has 1 fully saturated rings. The predicted molar refractivity (Wildman–Crippen MR) is 75.8 cm³/mol. The van der Waals surface area contributed by atoms with Crippen LogP contribution in [-0.2, 0) is 6.54 Å². The minimum atomic E-state index is -0.238. The van der Waals surface area contributed by atoms with E-state index in [1.807, 2.05) is 4.68 Å². The summed E-state index contributed by atoms with van der Waals surface area (Å²) >= 11 is 0. The van der Waals surface area contributed by atoms with Crippen LogP contribution in [0.1, 0.15) is 61.7 Å². The van der Waals surface area contributed by atoms with E-state index in [4.69, 9.17) is 0 Å². The number of hydrogen-bond acceptors (Lipinski definition) is 5. The second-order valence-corrected chi connectivity index (χ2v) is 5.94. The molecule has 116 valence electrons. The summed E-state index contributed by atoms with van der Waals surface area (Å²) < 4.78 is 1.85. The third-order valence-electron chi connectivity index (χ3n) is 4.12. The van der Waals surface area contributed by atoms with Gasteiger partial charge in [0.1, 0.15) is 18.0 Å². The maximum absolute atomic E-state index is 12.0. The number of carbonyl (C=O) groups excluding carboxylic acids is 1. The lowest BCUT2D eigenvalue weighted by atomic mass is 10.2. The molecule has 2 aromatic rings. The molecule has 0 bridgehead atoms. The maximum Gasteiger partial charge on any atom is 0.315 e. The molecule has 9 heteroatoms. The van der Waals surface area contributed by atoms with Gasteiger partial charge in [-0.05, 0) is 26.2 Å². The van der Waals surface area contributed by atoms with Gasteiger partial charge in [0, 0.05) is 5.92 Å². The van der Waals surface area contributed by atoms with Gasteiger partial charge in [-0.3, -0.25) is 5.10 Å². The number of nitrogens with one attached hydrogen (secondary N) is 3. The fraction of sp³-hybridized carbons (Fsp3) is 0.615. The summed E-state index contributed by atoms with van der Waals surface area (Å²) in [5.74, 6) is 2.85. The van der Waals surface area contributed by atoms with Gasteiger partial charge >= 0.3 is 6.03 Å². The first-order chi connectivity index (χ1) is 10.7. The van der Waals surface area contributed by atoms with Crippen LogP contribution >= 0.6 is 0 Å². The molecule has 0 spiro atoms. The Morgan fingerprint density at radius 1 is 1.50 bits per heavy atom. The summed E-state index contributed by atoms with van der Waals surface area (Å²) in [5, 5.41) is 16.9.